The van der Waals surface area contributed by atoms with Crippen molar-refractivity contribution in [3.63, 3.8) is 0 Å². The molecular weight excluding hydrogens is 506 g/mol. The number of rotatable bonds is 9. The monoisotopic (exact) mass is 539 g/mol. The van der Waals surface area contributed by atoms with E-state index in [1.807, 2.05) is 48.5 Å². The van der Waals surface area contributed by atoms with E-state index in [2.05, 4.69) is 59.9 Å². The number of amides is 1. The van der Waals surface area contributed by atoms with Crippen LogP contribution in [0.4, 0.5) is 0 Å². The Balaban J connectivity index is 1.36. The number of hydrogen-bond acceptors (Lipinski definition) is 5. The first-order valence-corrected chi connectivity index (χ1v) is 14.2. The van der Waals surface area contributed by atoms with Gasteiger partial charge in [-0.15, -0.1) is 11.8 Å². The fourth-order valence-corrected chi connectivity index (χ4v) is 5.67. The zero-order chi connectivity index (χ0) is 27.0. The summed E-state index contributed by atoms with van der Waals surface area (Å²) >= 11 is 1.79. The third-order valence-corrected chi connectivity index (χ3v) is 7.98. The minimum atomic E-state index is -0.494. The van der Waals surface area contributed by atoms with Crippen LogP contribution in [0.2, 0.25) is 0 Å². The summed E-state index contributed by atoms with van der Waals surface area (Å²) in [6.07, 6.45) is 0.153. The normalized spacial score (nSPS) is 19.0. The molecule has 0 aliphatic carbocycles. The van der Waals surface area contributed by atoms with Gasteiger partial charge in [-0.1, -0.05) is 91.0 Å². The summed E-state index contributed by atoms with van der Waals surface area (Å²) in [6, 6.07) is 34.7. The van der Waals surface area contributed by atoms with E-state index in [0.717, 1.165) is 45.6 Å². The molecule has 2 N–H and O–H groups in total. The Morgan fingerprint density at radius 1 is 0.872 bits per heavy atom. The molecule has 5 rings (SSSR count). The molecule has 39 heavy (non-hydrogen) atoms. The molecular formula is C33H33NO4S. The molecule has 200 valence electrons. The maximum Gasteiger partial charge on any atom is 0.217 e. The van der Waals surface area contributed by atoms with Crippen LogP contribution in [0.25, 0.3) is 11.1 Å². The molecule has 0 unspecified atom stereocenters. The van der Waals surface area contributed by atoms with Crippen molar-refractivity contribution >= 4 is 17.7 Å². The van der Waals surface area contributed by atoms with Gasteiger partial charge in [-0.25, -0.2) is 0 Å². The Morgan fingerprint density at radius 2 is 1.56 bits per heavy atom. The van der Waals surface area contributed by atoms with Crippen LogP contribution in [-0.2, 0) is 27.4 Å². The number of benzene rings is 4. The molecule has 1 saturated heterocycles. The number of carbonyl (C=O) groups is 1. The second-order valence-electron chi connectivity index (χ2n) is 9.66. The summed E-state index contributed by atoms with van der Waals surface area (Å²) in [6.45, 7) is 2.04. The van der Waals surface area contributed by atoms with Crippen molar-refractivity contribution in [3.05, 3.63) is 125 Å². The van der Waals surface area contributed by atoms with E-state index >= 15 is 0 Å². The predicted octanol–water partition coefficient (Wildman–Crippen LogP) is 6.82. The van der Waals surface area contributed by atoms with Crippen molar-refractivity contribution in [1.82, 2.24) is 5.32 Å². The summed E-state index contributed by atoms with van der Waals surface area (Å²) in [5.41, 5.74) is 6.15. The second kappa shape index (κ2) is 13.1. The molecule has 1 aliphatic rings. The van der Waals surface area contributed by atoms with E-state index < -0.39 is 6.29 Å². The van der Waals surface area contributed by atoms with E-state index in [1.54, 1.807) is 11.8 Å². The molecule has 0 aromatic heterocycles. The van der Waals surface area contributed by atoms with E-state index in [-0.39, 0.29) is 24.7 Å². The molecule has 0 bridgehead atoms. The quantitative estimate of drug-likeness (QED) is 0.229. The maximum atomic E-state index is 11.4. The van der Waals surface area contributed by atoms with Crippen LogP contribution in [0.5, 0.6) is 0 Å². The largest absolute Gasteiger partial charge is 0.392 e. The molecule has 1 amide bonds. The number of aliphatic hydroxyl groups excluding tert-OH is 1. The van der Waals surface area contributed by atoms with Gasteiger partial charge in [0.25, 0.3) is 0 Å². The highest BCUT2D eigenvalue weighted by Crippen LogP contribution is 2.40. The lowest BCUT2D eigenvalue weighted by atomic mass is 9.98. The number of thioether (sulfide) groups is 1. The van der Waals surface area contributed by atoms with Crippen LogP contribution in [0.3, 0.4) is 0 Å². The third kappa shape index (κ3) is 7.16. The molecule has 0 radical (unpaired) electrons. The van der Waals surface area contributed by atoms with Crippen molar-refractivity contribution in [3.8, 4) is 11.1 Å². The Kier molecular flexibility index (Phi) is 9.12. The van der Waals surface area contributed by atoms with Crippen LogP contribution in [0.15, 0.2) is 108 Å². The predicted molar refractivity (Wildman–Crippen MR) is 155 cm³/mol. The maximum absolute atomic E-state index is 11.4. The molecule has 5 nitrogen and oxygen atoms in total. The van der Waals surface area contributed by atoms with E-state index in [0.29, 0.717) is 6.54 Å². The minimum absolute atomic E-state index is 0.00883. The van der Waals surface area contributed by atoms with Crippen molar-refractivity contribution in [2.75, 3.05) is 5.75 Å². The summed E-state index contributed by atoms with van der Waals surface area (Å²) < 4.78 is 13.0. The average molecular weight is 540 g/mol. The molecule has 1 heterocycles. The van der Waals surface area contributed by atoms with Gasteiger partial charge in [0, 0.05) is 36.1 Å². The van der Waals surface area contributed by atoms with Crippen molar-refractivity contribution in [2.45, 2.75) is 49.9 Å². The number of hydrogen-bond donors (Lipinski definition) is 2. The average Bonchev–Trinajstić information content (AvgIpc) is 2.99. The van der Waals surface area contributed by atoms with Gasteiger partial charge in [0.2, 0.25) is 5.91 Å². The molecule has 1 aliphatic heterocycles. The summed E-state index contributed by atoms with van der Waals surface area (Å²) in [4.78, 5) is 12.7. The summed E-state index contributed by atoms with van der Waals surface area (Å²) in [5.74, 6) is 0.774. The summed E-state index contributed by atoms with van der Waals surface area (Å²) in [7, 11) is 0. The van der Waals surface area contributed by atoms with Gasteiger partial charge in [0.15, 0.2) is 6.29 Å². The fraction of sp³-hybridized carbons (Fsp3) is 0.242. The molecule has 4 aromatic carbocycles. The first-order valence-electron chi connectivity index (χ1n) is 13.2. The lowest BCUT2D eigenvalue weighted by Gasteiger charge is -2.36. The first kappa shape index (κ1) is 27.2. The molecule has 1 fully saturated rings. The van der Waals surface area contributed by atoms with E-state index in [1.165, 1.54) is 11.8 Å². The topological polar surface area (TPSA) is 67.8 Å². The Labute approximate surface area is 234 Å². The SMILES string of the molecule is CC(=O)NCc1ccccc1-c1ccc([C@@H]2O[C@H](CSc3ccccc3)C[C@H](c3ccc(CO)cc3)O2)cc1. The van der Waals surface area contributed by atoms with Crippen LogP contribution < -0.4 is 5.32 Å². The highest BCUT2D eigenvalue weighted by atomic mass is 32.2. The standard InChI is InChI=1S/C33H33NO4S/c1-23(36)34-20-28-7-5-6-10-31(28)25-15-17-27(18-16-25)33-37-29(22-39-30-8-3-2-4-9-30)19-32(38-33)26-13-11-24(21-35)12-14-26/h2-18,29,32-33,35H,19-22H2,1H3,(H,34,36)/t29-,32+,33+/m0/s1. The number of nitrogens with one attached hydrogen (secondary N) is 1. The van der Waals surface area contributed by atoms with Gasteiger partial charge in [-0.2, -0.15) is 0 Å². The highest BCUT2D eigenvalue weighted by Gasteiger charge is 2.32. The van der Waals surface area contributed by atoms with Gasteiger partial charge in [0.05, 0.1) is 18.8 Å². The number of carbonyl (C=O) groups excluding carboxylic acids is 1. The van der Waals surface area contributed by atoms with Crippen molar-refractivity contribution in [2.24, 2.45) is 0 Å². The Hall–Kier alpha value is -3.42. The zero-order valence-corrected chi connectivity index (χ0v) is 22.8. The van der Waals surface area contributed by atoms with Crippen LogP contribution in [0.1, 0.15) is 48.0 Å². The molecule has 6 heteroatoms. The zero-order valence-electron chi connectivity index (χ0n) is 22.0. The van der Waals surface area contributed by atoms with Crippen LogP contribution in [0, 0.1) is 0 Å². The van der Waals surface area contributed by atoms with Crippen LogP contribution >= 0.6 is 11.8 Å². The van der Waals surface area contributed by atoms with E-state index in [9.17, 15) is 9.90 Å². The minimum Gasteiger partial charge on any atom is -0.392 e. The Morgan fingerprint density at radius 3 is 2.28 bits per heavy atom. The van der Waals surface area contributed by atoms with Gasteiger partial charge in [-0.3, -0.25) is 4.79 Å². The number of aliphatic hydroxyl groups is 1. The van der Waals surface area contributed by atoms with Gasteiger partial charge in [0.1, 0.15) is 0 Å². The van der Waals surface area contributed by atoms with E-state index in [4.69, 9.17) is 9.47 Å². The van der Waals surface area contributed by atoms with Gasteiger partial charge < -0.3 is 19.9 Å². The van der Waals surface area contributed by atoms with Gasteiger partial charge >= 0.3 is 0 Å². The molecule has 0 saturated carbocycles. The van der Waals surface area contributed by atoms with Crippen LogP contribution in [-0.4, -0.2) is 22.9 Å². The van der Waals surface area contributed by atoms with Crippen molar-refractivity contribution in [1.29, 1.82) is 0 Å². The lowest BCUT2D eigenvalue weighted by molar-refractivity contribution is -0.245. The van der Waals surface area contributed by atoms with Gasteiger partial charge in [-0.05, 0) is 39.9 Å². The van der Waals surface area contributed by atoms with Crippen molar-refractivity contribution < 1.29 is 19.4 Å². The molecule has 3 atom stereocenters. The highest BCUT2D eigenvalue weighted by molar-refractivity contribution is 7.99. The lowest BCUT2D eigenvalue weighted by Crippen LogP contribution is -2.31. The second-order valence-corrected chi connectivity index (χ2v) is 10.8. The third-order valence-electron chi connectivity index (χ3n) is 6.83. The molecule has 4 aromatic rings. The summed E-state index contributed by atoms with van der Waals surface area (Å²) in [5, 5.41) is 12.3. The number of ether oxygens (including phenoxy) is 2. The Bertz CT molecular complexity index is 1360. The molecule has 0 spiro atoms. The smallest absolute Gasteiger partial charge is 0.217 e. The fourth-order valence-electron chi connectivity index (χ4n) is 4.72. The first-order chi connectivity index (χ1) is 19.1.